The summed E-state index contributed by atoms with van der Waals surface area (Å²) in [5.74, 6) is 1.35. The van der Waals surface area contributed by atoms with Crippen molar-refractivity contribution in [2.45, 2.75) is 50.5 Å². The van der Waals surface area contributed by atoms with Crippen LogP contribution in [0.3, 0.4) is 0 Å². The lowest BCUT2D eigenvalue weighted by atomic mass is 9.88. The first kappa shape index (κ1) is 16.6. The van der Waals surface area contributed by atoms with Crippen LogP contribution in [0, 0.1) is 12.8 Å². The Morgan fingerprint density at radius 1 is 1.22 bits per heavy atom. The van der Waals surface area contributed by atoms with Crippen molar-refractivity contribution in [1.82, 2.24) is 4.72 Å². The van der Waals surface area contributed by atoms with Crippen molar-refractivity contribution in [2.75, 3.05) is 25.1 Å². The summed E-state index contributed by atoms with van der Waals surface area (Å²) >= 11 is 0. The van der Waals surface area contributed by atoms with Crippen LogP contribution in [0.2, 0.25) is 0 Å². The van der Waals surface area contributed by atoms with Gasteiger partial charge in [0.15, 0.2) is 0 Å². The standard InChI is InChI=1S/C17H26N2O3S/c1-12-4-6-14(7-5-12)18-23(20,21)17-11-16-15(10-13(17)2)19(3)8-9-22-16/h10-12,14,18H,4-9H2,1-3H3. The lowest BCUT2D eigenvalue weighted by Gasteiger charge is -2.29. The van der Waals surface area contributed by atoms with Gasteiger partial charge in [0.25, 0.3) is 0 Å². The molecule has 0 aromatic heterocycles. The topological polar surface area (TPSA) is 58.6 Å². The molecule has 6 heteroatoms. The molecule has 1 fully saturated rings. The maximum absolute atomic E-state index is 12.8. The van der Waals surface area contributed by atoms with Gasteiger partial charge in [-0.15, -0.1) is 0 Å². The van der Waals surface area contributed by atoms with Gasteiger partial charge in [-0.05, 0) is 50.2 Å². The Morgan fingerprint density at radius 2 is 1.91 bits per heavy atom. The van der Waals surface area contributed by atoms with Crippen molar-refractivity contribution in [3.63, 3.8) is 0 Å². The van der Waals surface area contributed by atoms with Gasteiger partial charge in [-0.25, -0.2) is 13.1 Å². The summed E-state index contributed by atoms with van der Waals surface area (Å²) in [6.07, 6.45) is 4.02. The van der Waals surface area contributed by atoms with Crippen LogP contribution < -0.4 is 14.4 Å². The Hall–Kier alpha value is -1.27. The molecule has 1 aromatic carbocycles. The Morgan fingerprint density at radius 3 is 2.61 bits per heavy atom. The van der Waals surface area contributed by atoms with Crippen molar-refractivity contribution in [3.05, 3.63) is 17.7 Å². The highest BCUT2D eigenvalue weighted by molar-refractivity contribution is 7.89. The van der Waals surface area contributed by atoms with E-state index in [1.165, 1.54) is 0 Å². The lowest BCUT2D eigenvalue weighted by molar-refractivity contribution is 0.310. The molecule has 0 spiro atoms. The Bertz CT molecular complexity index is 679. The third-order valence-electron chi connectivity index (χ3n) is 4.98. The smallest absolute Gasteiger partial charge is 0.241 e. The summed E-state index contributed by atoms with van der Waals surface area (Å²) in [5.41, 5.74) is 1.72. The average Bonchev–Trinajstić information content (AvgIpc) is 2.50. The number of rotatable bonds is 3. The van der Waals surface area contributed by atoms with Gasteiger partial charge in [-0.3, -0.25) is 0 Å². The number of hydrogen-bond donors (Lipinski definition) is 1. The first-order valence-corrected chi connectivity index (χ1v) is 9.86. The van der Waals surface area contributed by atoms with Gasteiger partial charge in [0.1, 0.15) is 12.4 Å². The van der Waals surface area contributed by atoms with Crippen LogP contribution in [-0.2, 0) is 10.0 Å². The van der Waals surface area contributed by atoms with Crippen LogP contribution in [-0.4, -0.2) is 34.7 Å². The van der Waals surface area contributed by atoms with E-state index in [-0.39, 0.29) is 6.04 Å². The minimum absolute atomic E-state index is 0.0511. The number of benzene rings is 1. The molecule has 128 valence electrons. The first-order valence-electron chi connectivity index (χ1n) is 8.38. The molecule has 1 aromatic rings. The van der Waals surface area contributed by atoms with Crippen LogP contribution in [0.15, 0.2) is 17.0 Å². The van der Waals surface area contributed by atoms with Crippen LogP contribution in [0.1, 0.15) is 38.2 Å². The fraction of sp³-hybridized carbons (Fsp3) is 0.647. The molecule has 0 radical (unpaired) electrons. The summed E-state index contributed by atoms with van der Waals surface area (Å²) in [6, 6.07) is 3.63. The Kier molecular flexibility index (Phi) is 4.56. The number of nitrogens with zero attached hydrogens (tertiary/aromatic N) is 1. The second-order valence-corrected chi connectivity index (χ2v) is 8.62. The highest BCUT2D eigenvalue weighted by Gasteiger charge is 2.27. The van der Waals surface area contributed by atoms with Gasteiger partial charge in [0.2, 0.25) is 10.0 Å². The molecule has 5 nitrogen and oxygen atoms in total. The molecule has 0 saturated heterocycles. The minimum Gasteiger partial charge on any atom is -0.490 e. The van der Waals surface area contributed by atoms with Crippen LogP contribution >= 0.6 is 0 Å². The molecule has 0 bridgehead atoms. The van der Waals surface area contributed by atoms with Gasteiger partial charge in [-0.1, -0.05) is 6.92 Å². The molecule has 0 amide bonds. The highest BCUT2D eigenvalue weighted by atomic mass is 32.2. The van der Waals surface area contributed by atoms with Crippen LogP contribution in [0.5, 0.6) is 5.75 Å². The van der Waals surface area contributed by atoms with E-state index in [0.29, 0.717) is 23.2 Å². The molecule has 1 aliphatic heterocycles. The second kappa shape index (κ2) is 6.32. The molecular formula is C17H26N2O3S. The molecule has 2 aliphatic rings. The second-order valence-electron chi connectivity index (χ2n) is 6.93. The number of aryl methyl sites for hydroxylation is 1. The van der Waals surface area contributed by atoms with Crippen molar-refractivity contribution < 1.29 is 13.2 Å². The van der Waals surface area contributed by atoms with E-state index < -0.39 is 10.0 Å². The average molecular weight is 338 g/mol. The van der Waals surface area contributed by atoms with E-state index in [1.54, 1.807) is 6.07 Å². The summed E-state index contributed by atoms with van der Waals surface area (Å²) in [7, 11) is -1.51. The lowest BCUT2D eigenvalue weighted by Crippen LogP contribution is -2.37. The third kappa shape index (κ3) is 3.48. The number of anilines is 1. The van der Waals surface area contributed by atoms with Crippen LogP contribution in [0.25, 0.3) is 0 Å². The van der Waals surface area contributed by atoms with Gasteiger partial charge in [0, 0.05) is 19.2 Å². The number of ether oxygens (including phenoxy) is 1. The minimum atomic E-state index is -3.51. The molecule has 0 unspecified atom stereocenters. The van der Waals surface area contributed by atoms with Crippen LogP contribution in [0.4, 0.5) is 5.69 Å². The number of likely N-dealkylation sites (N-methyl/N-ethyl adjacent to an activating group) is 1. The summed E-state index contributed by atoms with van der Waals surface area (Å²) in [6.45, 7) is 5.48. The van der Waals surface area contributed by atoms with E-state index in [0.717, 1.165) is 43.5 Å². The van der Waals surface area contributed by atoms with Gasteiger partial charge >= 0.3 is 0 Å². The number of hydrogen-bond acceptors (Lipinski definition) is 4. The quantitative estimate of drug-likeness (QED) is 0.920. The monoisotopic (exact) mass is 338 g/mol. The summed E-state index contributed by atoms with van der Waals surface area (Å²) in [5, 5.41) is 0. The third-order valence-corrected chi connectivity index (χ3v) is 6.64. The maximum atomic E-state index is 12.8. The largest absolute Gasteiger partial charge is 0.490 e. The maximum Gasteiger partial charge on any atom is 0.241 e. The SMILES string of the molecule is Cc1cc2c(cc1S(=O)(=O)NC1CCC(C)CC1)OCCN2C. The molecule has 1 heterocycles. The molecule has 3 rings (SSSR count). The van der Waals surface area contributed by atoms with E-state index in [9.17, 15) is 8.42 Å². The molecule has 1 saturated carbocycles. The molecule has 1 aliphatic carbocycles. The van der Waals surface area contributed by atoms with Gasteiger partial charge < -0.3 is 9.64 Å². The van der Waals surface area contributed by atoms with Crippen molar-refractivity contribution in [1.29, 1.82) is 0 Å². The Labute approximate surface area is 139 Å². The molecular weight excluding hydrogens is 312 g/mol. The van der Waals surface area contributed by atoms with Gasteiger partial charge in [-0.2, -0.15) is 0 Å². The summed E-state index contributed by atoms with van der Waals surface area (Å²) < 4.78 is 34.1. The van der Waals surface area contributed by atoms with Crippen molar-refractivity contribution in [2.24, 2.45) is 5.92 Å². The zero-order chi connectivity index (χ0) is 16.6. The number of nitrogens with one attached hydrogen (secondary N) is 1. The fourth-order valence-electron chi connectivity index (χ4n) is 3.43. The predicted octanol–water partition coefficient (Wildman–Crippen LogP) is 2.68. The fourth-order valence-corrected chi connectivity index (χ4v) is 4.98. The van der Waals surface area contributed by atoms with E-state index in [1.807, 2.05) is 20.0 Å². The van der Waals surface area contributed by atoms with E-state index >= 15 is 0 Å². The van der Waals surface area contributed by atoms with E-state index in [2.05, 4.69) is 16.5 Å². The normalized spacial score (nSPS) is 24.9. The number of fused-ring (bicyclic) bond motifs is 1. The summed E-state index contributed by atoms with van der Waals surface area (Å²) in [4.78, 5) is 2.43. The van der Waals surface area contributed by atoms with Crippen molar-refractivity contribution >= 4 is 15.7 Å². The molecule has 0 atom stereocenters. The highest BCUT2D eigenvalue weighted by Crippen LogP contribution is 2.35. The zero-order valence-corrected chi connectivity index (χ0v) is 14.9. The number of sulfonamides is 1. The van der Waals surface area contributed by atoms with E-state index in [4.69, 9.17) is 4.74 Å². The zero-order valence-electron chi connectivity index (χ0n) is 14.1. The molecule has 23 heavy (non-hydrogen) atoms. The molecule has 1 N–H and O–H groups in total. The predicted molar refractivity (Wildman–Crippen MR) is 91.7 cm³/mol. The van der Waals surface area contributed by atoms with Crippen molar-refractivity contribution in [3.8, 4) is 5.75 Å². The van der Waals surface area contributed by atoms with Gasteiger partial charge in [0.05, 0.1) is 17.1 Å². The Balaban J connectivity index is 1.85. The first-order chi connectivity index (χ1) is 10.9.